The molecule has 0 aliphatic carbocycles. The van der Waals surface area contributed by atoms with Crippen molar-refractivity contribution in [3.8, 4) is 6.07 Å². The number of fused-ring (bicyclic) bond motifs is 1. The van der Waals surface area contributed by atoms with Crippen molar-refractivity contribution in [3.63, 3.8) is 0 Å². The number of amides is 4. The maximum absolute atomic E-state index is 13.6. The number of likely N-dealkylation sites (N-methyl/N-ethyl adjacent to an activating group) is 1. The first kappa shape index (κ1) is 24.0. The molecule has 1 aromatic carbocycles. The number of hydrogen-bond donors (Lipinski definition) is 3. The number of anilines is 2. The van der Waals surface area contributed by atoms with Gasteiger partial charge < -0.3 is 25.4 Å². The molecule has 0 aromatic heterocycles. The second-order valence-corrected chi connectivity index (χ2v) is 8.22. The average Bonchev–Trinajstić information content (AvgIpc) is 2.91. The highest BCUT2D eigenvalue weighted by Crippen LogP contribution is 2.35. The number of carbonyl (C=O) groups excluding carboxylic acids is 3. The zero-order valence-corrected chi connectivity index (χ0v) is 18.7. The summed E-state index contributed by atoms with van der Waals surface area (Å²) in [4.78, 5) is 52.9. The molecular weight excluding hydrogens is 430 g/mol. The third-order valence-corrected chi connectivity index (χ3v) is 6.18. The Morgan fingerprint density at radius 3 is 2.61 bits per heavy atom. The number of rotatable bonds is 4. The fourth-order valence-electron chi connectivity index (χ4n) is 3.97. The Labute approximate surface area is 191 Å². The molecule has 2 aliphatic rings. The van der Waals surface area contributed by atoms with Crippen molar-refractivity contribution >= 4 is 35.2 Å². The van der Waals surface area contributed by atoms with Gasteiger partial charge in [0.25, 0.3) is 0 Å². The fraction of sp³-hybridized carbons (Fsp3) is 0.500. The topological polar surface area (TPSA) is 152 Å². The van der Waals surface area contributed by atoms with Crippen LogP contribution in [0.3, 0.4) is 0 Å². The average molecular weight is 457 g/mol. The van der Waals surface area contributed by atoms with Gasteiger partial charge in [0.1, 0.15) is 12.1 Å². The van der Waals surface area contributed by atoms with Crippen LogP contribution in [0, 0.1) is 17.2 Å². The van der Waals surface area contributed by atoms with E-state index < -0.39 is 36.0 Å². The van der Waals surface area contributed by atoms with Crippen LogP contribution in [0.4, 0.5) is 16.2 Å². The first-order valence-corrected chi connectivity index (χ1v) is 10.7. The highest BCUT2D eigenvalue weighted by atomic mass is 16.5. The van der Waals surface area contributed by atoms with Crippen LogP contribution in [-0.4, -0.2) is 72.2 Å². The van der Waals surface area contributed by atoms with Gasteiger partial charge in [0.15, 0.2) is 0 Å². The summed E-state index contributed by atoms with van der Waals surface area (Å²) >= 11 is 0. The van der Waals surface area contributed by atoms with Crippen molar-refractivity contribution in [1.29, 1.82) is 5.26 Å². The molecule has 0 spiro atoms. The predicted molar refractivity (Wildman–Crippen MR) is 117 cm³/mol. The molecule has 11 heteroatoms. The van der Waals surface area contributed by atoms with Gasteiger partial charge in [-0.3, -0.25) is 19.3 Å². The molecule has 3 N–H and O–H groups in total. The minimum absolute atomic E-state index is 0.228. The van der Waals surface area contributed by atoms with Crippen LogP contribution in [-0.2, 0) is 19.1 Å². The maximum atomic E-state index is 13.6. The van der Waals surface area contributed by atoms with Crippen molar-refractivity contribution in [2.24, 2.45) is 5.92 Å². The lowest BCUT2D eigenvalue weighted by atomic mass is 9.96. The van der Waals surface area contributed by atoms with Gasteiger partial charge in [-0.25, -0.2) is 4.79 Å². The van der Waals surface area contributed by atoms with Crippen LogP contribution in [0.15, 0.2) is 18.2 Å². The Kier molecular flexibility index (Phi) is 7.18. The third-order valence-electron chi connectivity index (χ3n) is 6.18. The lowest BCUT2D eigenvalue weighted by Crippen LogP contribution is -2.59. The molecule has 3 atom stereocenters. The standard InChI is InChI=1S/C22H27N5O6/c1-12-18(25-19(28)13(2)26(3)22(31)32)20(29)24-16-5-4-14(11-23)10-17(16)27(12)21(30)15-6-8-33-9-7-15/h4-5,10,12-13,15,18H,6-9H2,1-3H3,(H,24,29)(H,25,28)(H,31,32)/t12-,13-,18-/m0/s1. The minimum Gasteiger partial charge on any atom is -0.465 e. The minimum atomic E-state index is -1.29. The number of nitrogens with one attached hydrogen (secondary N) is 2. The monoisotopic (exact) mass is 457 g/mol. The number of nitriles is 1. The Bertz CT molecular complexity index is 999. The van der Waals surface area contributed by atoms with E-state index >= 15 is 0 Å². The molecule has 2 heterocycles. The molecule has 1 aromatic rings. The second-order valence-electron chi connectivity index (χ2n) is 8.22. The second kappa shape index (κ2) is 9.87. The van der Waals surface area contributed by atoms with E-state index in [9.17, 15) is 24.4 Å². The number of nitrogens with zero attached hydrogens (tertiary/aromatic N) is 3. The van der Waals surface area contributed by atoms with Gasteiger partial charge >= 0.3 is 6.09 Å². The summed E-state index contributed by atoms with van der Waals surface area (Å²) in [7, 11) is 1.25. The highest BCUT2D eigenvalue weighted by Gasteiger charge is 2.41. The molecule has 33 heavy (non-hydrogen) atoms. The van der Waals surface area contributed by atoms with Crippen molar-refractivity contribution in [2.45, 2.75) is 44.8 Å². The first-order chi connectivity index (χ1) is 15.6. The van der Waals surface area contributed by atoms with E-state index in [-0.39, 0.29) is 11.8 Å². The Hall–Kier alpha value is -3.65. The summed E-state index contributed by atoms with van der Waals surface area (Å²) in [5, 5.41) is 23.9. The normalized spacial score (nSPS) is 21.6. The summed E-state index contributed by atoms with van der Waals surface area (Å²) in [6.45, 7) is 3.93. The Balaban J connectivity index is 1.98. The zero-order valence-electron chi connectivity index (χ0n) is 18.7. The van der Waals surface area contributed by atoms with E-state index in [1.165, 1.54) is 31.0 Å². The summed E-state index contributed by atoms with van der Waals surface area (Å²) in [5.41, 5.74) is 1.04. The lowest BCUT2D eigenvalue weighted by Gasteiger charge is -2.36. The van der Waals surface area contributed by atoms with Gasteiger partial charge in [-0.05, 0) is 44.9 Å². The number of carbonyl (C=O) groups is 4. The van der Waals surface area contributed by atoms with Gasteiger partial charge in [0.05, 0.1) is 29.0 Å². The van der Waals surface area contributed by atoms with Crippen molar-refractivity contribution < 1.29 is 29.0 Å². The first-order valence-electron chi connectivity index (χ1n) is 10.7. The molecule has 176 valence electrons. The number of ether oxygens (including phenoxy) is 1. The van der Waals surface area contributed by atoms with Crippen LogP contribution in [0.1, 0.15) is 32.3 Å². The molecule has 0 unspecified atom stereocenters. The van der Waals surface area contributed by atoms with E-state index in [4.69, 9.17) is 9.84 Å². The molecule has 2 aliphatic heterocycles. The molecule has 4 amide bonds. The van der Waals surface area contributed by atoms with Gasteiger partial charge in [-0.15, -0.1) is 0 Å². The van der Waals surface area contributed by atoms with Crippen LogP contribution >= 0.6 is 0 Å². The quantitative estimate of drug-likeness (QED) is 0.613. The molecule has 1 saturated heterocycles. The van der Waals surface area contributed by atoms with E-state index in [2.05, 4.69) is 10.6 Å². The van der Waals surface area contributed by atoms with Gasteiger partial charge in [0.2, 0.25) is 17.7 Å². The predicted octanol–water partition coefficient (Wildman–Crippen LogP) is 1.14. The molecule has 1 fully saturated rings. The van der Waals surface area contributed by atoms with Gasteiger partial charge in [-0.2, -0.15) is 5.26 Å². The third kappa shape index (κ3) is 4.90. The molecule has 0 radical (unpaired) electrons. The highest BCUT2D eigenvalue weighted by molar-refractivity contribution is 6.08. The van der Waals surface area contributed by atoms with Crippen molar-refractivity contribution in [3.05, 3.63) is 23.8 Å². The molecule has 11 nitrogen and oxygen atoms in total. The smallest absolute Gasteiger partial charge is 0.407 e. The van der Waals surface area contributed by atoms with Crippen LogP contribution in [0.5, 0.6) is 0 Å². The largest absolute Gasteiger partial charge is 0.465 e. The molecule has 3 rings (SSSR count). The summed E-state index contributed by atoms with van der Waals surface area (Å²) in [6, 6.07) is 3.65. The van der Waals surface area contributed by atoms with Gasteiger partial charge in [-0.1, -0.05) is 0 Å². The van der Waals surface area contributed by atoms with E-state index in [1.54, 1.807) is 13.0 Å². The van der Waals surface area contributed by atoms with Gasteiger partial charge in [0, 0.05) is 26.2 Å². The number of hydrogen-bond acceptors (Lipinski definition) is 6. The lowest BCUT2D eigenvalue weighted by molar-refractivity contribution is -0.130. The van der Waals surface area contributed by atoms with Crippen LogP contribution in [0.2, 0.25) is 0 Å². The SMILES string of the molecule is C[C@@H](C(=O)N[C@@H]1C(=O)Nc2ccc(C#N)cc2N(C(=O)C2CCOCC2)[C@H]1C)N(C)C(=O)O. The Morgan fingerprint density at radius 1 is 1.33 bits per heavy atom. The van der Waals surface area contributed by atoms with E-state index in [0.29, 0.717) is 43.0 Å². The van der Waals surface area contributed by atoms with Crippen LogP contribution in [0.25, 0.3) is 0 Å². The maximum Gasteiger partial charge on any atom is 0.407 e. The fourth-order valence-corrected chi connectivity index (χ4v) is 3.97. The number of benzene rings is 1. The summed E-state index contributed by atoms with van der Waals surface area (Å²) in [6.07, 6.45) is -0.244. The Morgan fingerprint density at radius 2 is 2.00 bits per heavy atom. The molecule has 0 bridgehead atoms. The summed E-state index contributed by atoms with van der Waals surface area (Å²) in [5.74, 6) is -1.78. The van der Waals surface area contributed by atoms with E-state index in [1.807, 2.05) is 6.07 Å². The van der Waals surface area contributed by atoms with Crippen molar-refractivity contribution in [1.82, 2.24) is 10.2 Å². The molecular formula is C22H27N5O6. The zero-order chi connectivity index (χ0) is 24.3. The molecule has 0 saturated carbocycles. The number of carboxylic acid groups (broad SMARTS) is 1. The van der Waals surface area contributed by atoms with Crippen LogP contribution < -0.4 is 15.5 Å². The van der Waals surface area contributed by atoms with E-state index in [0.717, 1.165) is 4.90 Å². The van der Waals surface area contributed by atoms with Crippen molar-refractivity contribution in [2.75, 3.05) is 30.5 Å². The summed E-state index contributed by atoms with van der Waals surface area (Å²) < 4.78 is 5.36.